The number of methoxy groups -OCH3 is 1. The van der Waals surface area contributed by atoms with Crippen molar-refractivity contribution >= 4 is 17.4 Å². The molecule has 0 radical (unpaired) electrons. The quantitative estimate of drug-likeness (QED) is 0.914. The van der Waals surface area contributed by atoms with E-state index in [0.29, 0.717) is 23.7 Å². The lowest BCUT2D eigenvalue weighted by Gasteiger charge is -2.19. The molecule has 3 rings (SSSR count). The van der Waals surface area contributed by atoms with Crippen molar-refractivity contribution < 1.29 is 14.4 Å². The summed E-state index contributed by atoms with van der Waals surface area (Å²) in [6, 6.07) is 9.28. The highest BCUT2D eigenvalue weighted by Gasteiger charge is 2.43. The average Bonchev–Trinajstić information content (AvgIpc) is 3.22. The molecule has 1 aromatic carbocycles. The fourth-order valence-electron chi connectivity index (χ4n) is 2.54. The van der Waals surface area contributed by atoms with Gasteiger partial charge in [-0.2, -0.15) is 5.10 Å². The van der Waals surface area contributed by atoms with Crippen molar-refractivity contribution in [1.29, 1.82) is 0 Å². The van der Waals surface area contributed by atoms with Gasteiger partial charge in [0.25, 0.3) is 5.91 Å². The molecule has 2 heterocycles. The van der Waals surface area contributed by atoms with Crippen LogP contribution in [0.1, 0.15) is 25.8 Å². The predicted molar refractivity (Wildman–Crippen MR) is 90.2 cm³/mol. The fourth-order valence-corrected chi connectivity index (χ4v) is 2.54. The number of hydrogen-bond acceptors (Lipinski definition) is 5. The minimum absolute atomic E-state index is 0.280. The topological polar surface area (TPSA) is 77.7 Å². The highest BCUT2D eigenvalue weighted by Crippen LogP contribution is 2.31. The van der Waals surface area contributed by atoms with Crippen molar-refractivity contribution in [1.82, 2.24) is 9.78 Å². The molecular weight excluding hydrogens is 308 g/mol. The number of ether oxygens (including phenoxy) is 1. The summed E-state index contributed by atoms with van der Waals surface area (Å²) in [7, 11) is 1.60. The third-order valence-electron chi connectivity index (χ3n) is 3.97. The van der Waals surface area contributed by atoms with Gasteiger partial charge in [-0.05, 0) is 26.0 Å². The third kappa shape index (κ3) is 2.97. The minimum atomic E-state index is -1.08. The van der Waals surface area contributed by atoms with E-state index >= 15 is 0 Å². The number of rotatable bonds is 5. The lowest BCUT2D eigenvalue weighted by atomic mass is 9.94. The number of benzene rings is 1. The number of amides is 1. The van der Waals surface area contributed by atoms with Gasteiger partial charge in [0.1, 0.15) is 5.75 Å². The zero-order chi connectivity index (χ0) is 17.2. The molecule has 1 unspecified atom stereocenters. The van der Waals surface area contributed by atoms with Crippen molar-refractivity contribution in [3.63, 3.8) is 0 Å². The molecule has 1 atom stereocenters. The molecular formula is C17H20N4O3. The summed E-state index contributed by atoms with van der Waals surface area (Å²) in [5.74, 6) is 0.918. The molecule has 1 N–H and O–H groups in total. The summed E-state index contributed by atoms with van der Waals surface area (Å²) in [5.41, 5.74) is 0.433. The van der Waals surface area contributed by atoms with Gasteiger partial charge in [0.15, 0.2) is 5.82 Å². The van der Waals surface area contributed by atoms with Gasteiger partial charge < -0.3 is 14.9 Å². The van der Waals surface area contributed by atoms with E-state index in [-0.39, 0.29) is 5.91 Å². The molecule has 24 heavy (non-hydrogen) atoms. The Labute approximate surface area is 140 Å². The maximum absolute atomic E-state index is 12.6. The number of nitrogens with one attached hydrogen (secondary N) is 1. The van der Waals surface area contributed by atoms with Crippen LogP contribution < -0.4 is 10.1 Å². The van der Waals surface area contributed by atoms with Crippen LogP contribution in [0.3, 0.4) is 0 Å². The van der Waals surface area contributed by atoms with Gasteiger partial charge in [0.05, 0.1) is 12.8 Å². The summed E-state index contributed by atoms with van der Waals surface area (Å²) in [6.07, 6.45) is 2.16. The van der Waals surface area contributed by atoms with Gasteiger partial charge in [-0.15, -0.1) is 0 Å². The van der Waals surface area contributed by atoms with Crippen LogP contribution >= 0.6 is 0 Å². The Hall–Kier alpha value is -2.83. The first-order valence-electron chi connectivity index (χ1n) is 7.79. The maximum atomic E-state index is 12.6. The molecule has 1 aromatic heterocycles. The number of para-hydroxylation sites is 1. The Morgan fingerprint density at radius 2 is 2.21 bits per heavy atom. The van der Waals surface area contributed by atoms with Crippen LogP contribution in [0.5, 0.6) is 5.75 Å². The van der Waals surface area contributed by atoms with Crippen LogP contribution in [0.2, 0.25) is 0 Å². The first-order valence-corrected chi connectivity index (χ1v) is 7.79. The highest BCUT2D eigenvalue weighted by molar-refractivity contribution is 6.09. The summed E-state index contributed by atoms with van der Waals surface area (Å²) in [4.78, 5) is 18.0. The highest BCUT2D eigenvalue weighted by atomic mass is 16.7. The Morgan fingerprint density at radius 1 is 1.42 bits per heavy atom. The molecule has 0 saturated heterocycles. The van der Waals surface area contributed by atoms with Crippen molar-refractivity contribution in [2.24, 2.45) is 5.16 Å². The predicted octanol–water partition coefficient (Wildman–Crippen LogP) is 2.43. The van der Waals surface area contributed by atoms with E-state index in [1.54, 1.807) is 24.8 Å². The lowest BCUT2D eigenvalue weighted by molar-refractivity contribution is -0.135. The number of carbonyl (C=O) groups is 1. The second-order valence-corrected chi connectivity index (χ2v) is 5.75. The number of oxime groups is 1. The molecule has 2 aromatic rings. The van der Waals surface area contributed by atoms with E-state index in [2.05, 4.69) is 15.6 Å². The Bertz CT molecular complexity index is 784. The SMILES string of the molecule is CCn1ccc(NC(=O)C2(C)CC(c3ccccc3OC)=NO2)n1. The molecule has 0 fully saturated rings. The van der Waals surface area contributed by atoms with Crippen molar-refractivity contribution in [2.45, 2.75) is 32.4 Å². The minimum Gasteiger partial charge on any atom is -0.496 e. The largest absolute Gasteiger partial charge is 0.496 e. The first-order chi connectivity index (χ1) is 11.6. The molecule has 0 saturated carbocycles. The van der Waals surface area contributed by atoms with Gasteiger partial charge in [0.2, 0.25) is 5.60 Å². The molecule has 7 nitrogen and oxygen atoms in total. The van der Waals surface area contributed by atoms with E-state index in [0.717, 1.165) is 12.1 Å². The number of aromatic nitrogens is 2. The molecule has 7 heteroatoms. The smallest absolute Gasteiger partial charge is 0.272 e. The van der Waals surface area contributed by atoms with Crippen molar-refractivity contribution in [2.75, 3.05) is 12.4 Å². The maximum Gasteiger partial charge on any atom is 0.272 e. The van der Waals surface area contributed by atoms with Crippen molar-refractivity contribution in [3.05, 3.63) is 42.1 Å². The number of nitrogens with zero attached hydrogens (tertiary/aromatic N) is 3. The molecule has 1 aliphatic rings. The summed E-state index contributed by atoms with van der Waals surface area (Å²) in [5, 5.41) is 11.1. The van der Waals surface area contributed by atoms with E-state index in [1.165, 1.54) is 0 Å². The summed E-state index contributed by atoms with van der Waals surface area (Å²) >= 11 is 0. The Kier molecular flexibility index (Phi) is 4.24. The normalized spacial score (nSPS) is 19.5. The summed E-state index contributed by atoms with van der Waals surface area (Å²) in [6.45, 7) is 4.43. The first kappa shape index (κ1) is 16.0. The standard InChI is InChI=1S/C17H20N4O3/c1-4-21-10-9-15(19-21)18-16(22)17(2)11-13(20-24-17)12-7-5-6-8-14(12)23-3/h5-10H,4,11H2,1-3H3,(H,18,19,22). The number of hydrogen-bond donors (Lipinski definition) is 1. The van der Waals surface area contributed by atoms with Gasteiger partial charge >= 0.3 is 0 Å². The Balaban J connectivity index is 1.73. The number of aryl methyl sites for hydroxylation is 1. The number of anilines is 1. The molecule has 0 spiro atoms. The van der Waals surface area contributed by atoms with E-state index in [1.807, 2.05) is 37.4 Å². The van der Waals surface area contributed by atoms with E-state index in [4.69, 9.17) is 9.57 Å². The zero-order valence-corrected chi connectivity index (χ0v) is 13.9. The van der Waals surface area contributed by atoms with E-state index in [9.17, 15) is 4.79 Å². The monoisotopic (exact) mass is 328 g/mol. The van der Waals surface area contributed by atoms with Gasteiger partial charge in [0, 0.05) is 30.8 Å². The second-order valence-electron chi connectivity index (χ2n) is 5.75. The lowest BCUT2D eigenvalue weighted by Crippen LogP contribution is -2.40. The van der Waals surface area contributed by atoms with Crippen LogP contribution in [-0.2, 0) is 16.2 Å². The fraction of sp³-hybridized carbons (Fsp3) is 0.353. The van der Waals surface area contributed by atoms with E-state index < -0.39 is 5.60 Å². The summed E-state index contributed by atoms with van der Waals surface area (Å²) < 4.78 is 7.09. The molecule has 1 aliphatic heterocycles. The zero-order valence-electron chi connectivity index (χ0n) is 13.9. The molecule has 126 valence electrons. The van der Waals surface area contributed by atoms with Crippen molar-refractivity contribution in [3.8, 4) is 5.75 Å². The van der Waals surface area contributed by atoms with Crippen LogP contribution in [0.4, 0.5) is 5.82 Å². The Morgan fingerprint density at radius 3 is 2.92 bits per heavy atom. The van der Waals surface area contributed by atoms with Gasteiger partial charge in [-0.25, -0.2) is 0 Å². The third-order valence-corrected chi connectivity index (χ3v) is 3.97. The van der Waals surface area contributed by atoms with Gasteiger partial charge in [-0.3, -0.25) is 9.48 Å². The number of carbonyl (C=O) groups excluding carboxylic acids is 1. The average molecular weight is 328 g/mol. The van der Waals surface area contributed by atoms with Crippen LogP contribution in [0.25, 0.3) is 0 Å². The molecule has 0 aliphatic carbocycles. The van der Waals surface area contributed by atoms with Crippen LogP contribution in [-0.4, -0.2) is 34.1 Å². The van der Waals surface area contributed by atoms with Crippen LogP contribution in [0, 0.1) is 0 Å². The molecule has 0 bridgehead atoms. The second kappa shape index (κ2) is 6.35. The van der Waals surface area contributed by atoms with Gasteiger partial charge in [-0.1, -0.05) is 17.3 Å². The molecule has 1 amide bonds. The van der Waals surface area contributed by atoms with Crippen LogP contribution in [0.15, 0.2) is 41.7 Å².